The first-order valence-corrected chi connectivity index (χ1v) is 13.5. The summed E-state index contributed by atoms with van der Waals surface area (Å²) in [7, 11) is 1.63. The monoisotopic (exact) mass is 709 g/mol. The van der Waals surface area contributed by atoms with Crippen molar-refractivity contribution in [1.29, 1.82) is 0 Å². The molecule has 1 aliphatic rings. The Morgan fingerprint density at radius 3 is 2.58 bits per heavy atom. The van der Waals surface area contributed by atoms with Gasteiger partial charge in [-0.25, -0.2) is 4.79 Å². The third-order valence-corrected chi connectivity index (χ3v) is 8.01. The predicted octanol–water partition coefficient (Wildman–Crippen LogP) is 5.84. The Morgan fingerprint density at radius 2 is 1.89 bits per heavy atom. The van der Waals surface area contributed by atoms with Gasteiger partial charge in [-0.05, 0) is 98.6 Å². The van der Waals surface area contributed by atoms with Crippen molar-refractivity contribution in [3.8, 4) is 11.5 Å². The van der Waals surface area contributed by atoms with E-state index in [1.54, 1.807) is 13.2 Å². The number of nitrogens with zero attached hydrogens (tertiary/aromatic N) is 1. The third kappa shape index (κ3) is 6.03. The Labute approximate surface area is 237 Å². The summed E-state index contributed by atoms with van der Waals surface area (Å²) in [4.78, 5) is 26.6. The van der Waals surface area contributed by atoms with Gasteiger partial charge in [0.25, 0.3) is 0 Å². The summed E-state index contributed by atoms with van der Waals surface area (Å²) in [6.45, 7) is 2.56. The first-order valence-electron chi connectivity index (χ1n) is 11.3. The second-order valence-corrected chi connectivity index (χ2v) is 10.8. The smallest absolute Gasteiger partial charge is 0.326 e. The Balaban J connectivity index is 1.59. The molecule has 6 nitrogen and oxygen atoms in total. The van der Waals surface area contributed by atoms with Crippen molar-refractivity contribution in [2.45, 2.75) is 32.5 Å². The molecule has 0 unspecified atom stereocenters. The quantitative estimate of drug-likeness (QED) is 0.247. The van der Waals surface area contributed by atoms with Crippen LogP contribution < -0.4 is 9.47 Å². The highest BCUT2D eigenvalue weighted by molar-refractivity contribution is 14.1. The van der Waals surface area contributed by atoms with Crippen molar-refractivity contribution in [3.63, 3.8) is 0 Å². The van der Waals surface area contributed by atoms with Crippen LogP contribution in [0.5, 0.6) is 11.5 Å². The highest BCUT2D eigenvalue weighted by atomic mass is 127. The van der Waals surface area contributed by atoms with Gasteiger partial charge >= 0.3 is 5.97 Å². The van der Waals surface area contributed by atoms with Gasteiger partial charge in [0.15, 0.2) is 0 Å². The first-order chi connectivity index (χ1) is 17.3. The Morgan fingerprint density at radius 1 is 1.14 bits per heavy atom. The number of carboxylic acid groups (broad SMARTS) is 1. The number of ether oxygens (including phenoxy) is 2. The van der Waals surface area contributed by atoms with Gasteiger partial charge in [-0.1, -0.05) is 42.0 Å². The SMILES string of the molecule is COc1cccc(COc2c(I)cc3c(c2I)CN(C(=O)/C=C/c2ccc(C)cc2)[C@H](C(=O)O)C3)c1. The summed E-state index contributed by atoms with van der Waals surface area (Å²) in [6.07, 6.45) is 3.42. The highest BCUT2D eigenvalue weighted by Crippen LogP contribution is 2.37. The summed E-state index contributed by atoms with van der Waals surface area (Å²) in [5, 5.41) is 9.89. The molecule has 1 heterocycles. The summed E-state index contributed by atoms with van der Waals surface area (Å²) in [6, 6.07) is 16.5. The van der Waals surface area contributed by atoms with E-state index in [1.807, 2.05) is 61.5 Å². The van der Waals surface area contributed by atoms with E-state index in [2.05, 4.69) is 45.2 Å². The lowest BCUT2D eigenvalue weighted by atomic mass is 9.93. The fourth-order valence-electron chi connectivity index (χ4n) is 4.08. The maximum Gasteiger partial charge on any atom is 0.326 e. The summed E-state index contributed by atoms with van der Waals surface area (Å²) in [5.74, 6) is 0.149. The van der Waals surface area contributed by atoms with E-state index < -0.39 is 12.0 Å². The molecular formula is C28H25I2NO5. The van der Waals surface area contributed by atoms with E-state index in [1.165, 1.54) is 11.0 Å². The molecule has 0 spiro atoms. The number of aliphatic carboxylic acids is 1. The number of rotatable bonds is 7. The second-order valence-electron chi connectivity index (χ2n) is 8.55. The molecule has 1 N–H and O–H groups in total. The molecule has 0 fully saturated rings. The van der Waals surface area contributed by atoms with Crippen LogP contribution >= 0.6 is 45.2 Å². The zero-order valence-corrected chi connectivity index (χ0v) is 24.1. The Hall–Kier alpha value is -2.60. The van der Waals surface area contributed by atoms with Crippen LogP contribution in [-0.4, -0.2) is 35.0 Å². The molecule has 0 saturated carbocycles. The molecule has 186 valence electrons. The molecular weight excluding hydrogens is 684 g/mol. The van der Waals surface area contributed by atoms with Gasteiger partial charge in [-0.15, -0.1) is 0 Å². The van der Waals surface area contributed by atoms with E-state index in [0.29, 0.717) is 6.61 Å². The maximum atomic E-state index is 13.1. The van der Waals surface area contributed by atoms with Gasteiger partial charge in [-0.2, -0.15) is 0 Å². The second kappa shape index (κ2) is 11.6. The van der Waals surface area contributed by atoms with E-state index in [4.69, 9.17) is 9.47 Å². The Kier molecular flexibility index (Phi) is 8.55. The fraction of sp³-hybridized carbons (Fsp3) is 0.214. The van der Waals surface area contributed by atoms with Crippen molar-refractivity contribution in [2.24, 2.45) is 0 Å². The lowest BCUT2D eigenvalue weighted by Gasteiger charge is -2.35. The van der Waals surface area contributed by atoms with Gasteiger partial charge < -0.3 is 19.5 Å². The first kappa shape index (κ1) is 26.5. The average Bonchev–Trinajstić information content (AvgIpc) is 2.87. The normalized spacial score (nSPS) is 15.0. The van der Waals surface area contributed by atoms with E-state index in [9.17, 15) is 14.7 Å². The molecule has 1 amide bonds. The largest absolute Gasteiger partial charge is 0.497 e. The number of hydrogen-bond donors (Lipinski definition) is 1. The molecule has 0 aliphatic carbocycles. The number of fused-ring (bicyclic) bond motifs is 1. The van der Waals surface area contributed by atoms with Gasteiger partial charge in [0.2, 0.25) is 5.91 Å². The van der Waals surface area contributed by atoms with Crippen LogP contribution in [0, 0.1) is 14.1 Å². The van der Waals surface area contributed by atoms with Crippen LogP contribution in [0.1, 0.15) is 27.8 Å². The van der Waals surface area contributed by atoms with E-state index in [-0.39, 0.29) is 18.9 Å². The maximum absolute atomic E-state index is 13.1. The van der Waals surface area contributed by atoms with Crippen LogP contribution in [-0.2, 0) is 29.2 Å². The minimum absolute atomic E-state index is 0.202. The summed E-state index contributed by atoms with van der Waals surface area (Å²) < 4.78 is 13.3. The molecule has 8 heteroatoms. The minimum Gasteiger partial charge on any atom is -0.497 e. The summed E-state index contributed by atoms with van der Waals surface area (Å²) >= 11 is 4.46. The molecule has 3 aromatic rings. The van der Waals surface area contributed by atoms with Crippen molar-refractivity contribution < 1.29 is 24.2 Å². The van der Waals surface area contributed by atoms with E-state index >= 15 is 0 Å². The number of benzene rings is 3. The topological polar surface area (TPSA) is 76.1 Å². The zero-order chi connectivity index (χ0) is 25.8. The summed E-state index contributed by atoms with van der Waals surface area (Å²) in [5.41, 5.74) is 4.84. The van der Waals surface area contributed by atoms with Crippen LogP contribution in [0.3, 0.4) is 0 Å². The van der Waals surface area contributed by atoms with Gasteiger partial charge in [-0.3, -0.25) is 4.79 Å². The van der Waals surface area contributed by atoms with Crippen molar-refractivity contribution in [1.82, 2.24) is 4.90 Å². The van der Waals surface area contributed by atoms with Crippen LogP contribution in [0.4, 0.5) is 0 Å². The number of carboxylic acids is 1. The van der Waals surface area contributed by atoms with Crippen LogP contribution in [0.15, 0.2) is 60.7 Å². The van der Waals surface area contributed by atoms with Crippen LogP contribution in [0.25, 0.3) is 6.08 Å². The van der Waals surface area contributed by atoms with Crippen LogP contribution in [0.2, 0.25) is 0 Å². The zero-order valence-electron chi connectivity index (χ0n) is 19.8. The molecule has 4 rings (SSSR count). The van der Waals surface area contributed by atoms with Gasteiger partial charge in [0, 0.05) is 19.0 Å². The predicted molar refractivity (Wildman–Crippen MR) is 155 cm³/mol. The van der Waals surface area contributed by atoms with Gasteiger partial charge in [0.1, 0.15) is 24.1 Å². The van der Waals surface area contributed by atoms with Crippen molar-refractivity contribution in [2.75, 3.05) is 7.11 Å². The molecule has 3 aromatic carbocycles. The molecule has 36 heavy (non-hydrogen) atoms. The standard InChI is InChI=1S/C28H25I2NO5/c1-17-6-8-18(9-7-17)10-11-25(32)31-15-22-20(14-24(31)28(33)34)13-23(29)27(26(22)30)36-16-19-4-3-5-21(12-19)35-2/h3-13,24H,14-16H2,1-2H3,(H,33,34)/b11-10+/t24-/m0/s1. The van der Waals surface area contributed by atoms with Gasteiger partial charge in [0.05, 0.1) is 14.3 Å². The fourth-order valence-corrected chi connectivity index (χ4v) is 6.36. The van der Waals surface area contributed by atoms with Crippen molar-refractivity contribution in [3.05, 3.63) is 95.6 Å². The molecule has 1 atom stereocenters. The van der Waals surface area contributed by atoms with Crippen molar-refractivity contribution >= 4 is 63.1 Å². The minimum atomic E-state index is -1.01. The number of amides is 1. The molecule has 1 aliphatic heterocycles. The lowest BCUT2D eigenvalue weighted by molar-refractivity contribution is -0.149. The number of hydrogen-bond acceptors (Lipinski definition) is 4. The third-order valence-electron chi connectivity index (χ3n) is 6.07. The van der Waals surface area contributed by atoms with E-state index in [0.717, 1.165) is 46.5 Å². The molecule has 0 bridgehead atoms. The molecule has 0 saturated heterocycles. The lowest BCUT2D eigenvalue weighted by Crippen LogP contribution is -2.48. The number of methoxy groups -OCH3 is 1. The highest BCUT2D eigenvalue weighted by Gasteiger charge is 2.35. The number of halogens is 2. The molecule has 0 radical (unpaired) electrons. The molecule has 0 aromatic heterocycles. The number of carbonyl (C=O) groups excluding carboxylic acids is 1. The number of aryl methyl sites for hydroxylation is 1. The number of carbonyl (C=O) groups is 2. The average molecular weight is 709 g/mol. The Bertz CT molecular complexity index is 1320.